The molecule has 2 aromatic rings. The Kier molecular flexibility index (Phi) is 3.62. The van der Waals surface area contributed by atoms with Crippen LogP contribution in [0.5, 0.6) is 0 Å². The van der Waals surface area contributed by atoms with Crippen LogP contribution in [0.25, 0.3) is 11.3 Å². The molecule has 1 aromatic heterocycles. The van der Waals surface area contributed by atoms with Gasteiger partial charge in [0, 0.05) is 24.2 Å². The number of benzene rings is 1. The Labute approximate surface area is 121 Å². The normalized spacial score (nSPS) is 16.6. The predicted octanol–water partition coefficient (Wildman–Crippen LogP) is 3.17. The van der Waals surface area contributed by atoms with Crippen molar-refractivity contribution < 1.29 is 0 Å². The molecule has 106 valence electrons. The minimum atomic E-state index is 0.647. The number of piperidine rings is 1. The molecule has 1 aromatic carbocycles. The summed E-state index contributed by atoms with van der Waals surface area (Å²) in [7, 11) is 2.07. The molecule has 20 heavy (non-hydrogen) atoms. The van der Waals surface area contributed by atoms with E-state index in [1.54, 1.807) is 0 Å². The molecule has 1 saturated heterocycles. The molecule has 0 atom stereocenters. The van der Waals surface area contributed by atoms with E-state index in [0.29, 0.717) is 5.92 Å². The average Bonchev–Trinajstić information content (AvgIpc) is 2.85. The third kappa shape index (κ3) is 2.50. The number of aromatic nitrogens is 2. The quantitative estimate of drug-likeness (QED) is 0.907. The van der Waals surface area contributed by atoms with E-state index in [-0.39, 0.29) is 0 Å². The maximum Gasteiger partial charge on any atom is 0.0926 e. The van der Waals surface area contributed by atoms with Crippen molar-refractivity contribution in [3.8, 4) is 11.3 Å². The monoisotopic (exact) mass is 269 g/mol. The second kappa shape index (κ2) is 5.41. The zero-order valence-electron chi connectivity index (χ0n) is 12.6. The van der Waals surface area contributed by atoms with Crippen LogP contribution in [0.1, 0.15) is 35.6 Å². The first-order valence-corrected chi connectivity index (χ1v) is 7.47. The fourth-order valence-electron chi connectivity index (χ4n) is 3.02. The maximum absolute atomic E-state index is 4.72. The van der Waals surface area contributed by atoms with Gasteiger partial charge in [-0.3, -0.25) is 4.68 Å². The molecule has 0 spiro atoms. The van der Waals surface area contributed by atoms with Gasteiger partial charge in [-0.25, -0.2) is 0 Å². The van der Waals surface area contributed by atoms with Gasteiger partial charge in [-0.15, -0.1) is 0 Å². The molecule has 0 saturated carbocycles. The van der Waals surface area contributed by atoms with E-state index in [1.807, 2.05) is 0 Å². The summed E-state index contributed by atoms with van der Waals surface area (Å²) >= 11 is 0. The van der Waals surface area contributed by atoms with E-state index in [9.17, 15) is 0 Å². The molecule has 3 heteroatoms. The fourth-order valence-corrected chi connectivity index (χ4v) is 3.02. The lowest BCUT2D eigenvalue weighted by Crippen LogP contribution is -2.27. The highest BCUT2D eigenvalue weighted by Crippen LogP contribution is 2.29. The molecule has 1 aliphatic heterocycles. The van der Waals surface area contributed by atoms with Crippen molar-refractivity contribution >= 4 is 0 Å². The zero-order chi connectivity index (χ0) is 14.1. The van der Waals surface area contributed by atoms with Gasteiger partial charge in [0.05, 0.1) is 5.69 Å². The summed E-state index contributed by atoms with van der Waals surface area (Å²) < 4.78 is 2.07. The van der Waals surface area contributed by atoms with Crippen molar-refractivity contribution in [3.63, 3.8) is 0 Å². The molecule has 2 heterocycles. The average molecular weight is 269 g/mol. The molecule has 3 rings (SSSR count). The van der Waals surface area contributed by atoms with E-state index in [0.717, 1.165) is 18.8 Å². The van der Waals surface area contributed by atoms with Gasteiger partial charge in [0.2, 0.25) is 0 Å². The zero-order valence-corrected chi connectivity index (χ0v) is 12.6. The summed E-state index contributed by atoms with van der Waals surface area (Å²) in [5, 5.41) is 8.15. The Morgan fingerprint density at radius 2 is 1.85 bits per heavy atom. The van der Waals surface area contributed by atoms with Crippen LogP contribution in [0, 0.1) is 13.8 Å². The summed E-state index contributed by atoms with van der Waals surface area (Å²) in [6.45, 7) is 6.55. The van der Waals surface area contributed by atoms with Crippen molar-refractivity contribution in [1.29, 1.82) is 0 Å². The van der Waals surface area contributed by atoms with E-state index < -0.39 is 0 Å². The third-order valence-corrected chi connectivity index (χ3v) is 4.48. The van der Waals surface area contributed by atoms with Crippen molar-refractivity contribution in [1.82, 2.24) is 15.1 Å². The molecule has 0 radical (unpaired) electrons. The van der Waals surface area contributed by atoms with Gasteiger partial charge < -0.3 is 5.32 Å². The number of hydrogen-bond donors (Lipinski definition) is 1. The number of rotatable bonds is 2. The molecule has 1 aliphatic rings. The molecule has 0 bridgehead atoms. The lowest BCUT2D eigenvalue weighted by molar-refractivity contribution is 0.440. The molecule has 1 fully saturated rings. The first kappa shape index (κ1) is 13.4. The molecule has 1 N–H and O–H groups in total. The van der Waals surface area contributed by atoms with Crippen LogP contribution in [0.2, 0.25) is 0 Å². The van der Waals surface area contributed by atoms with E-state index in [2.05, 4.69) is 55.2 Å². The molecule has 3 nitrogen and oxygen atoms in total. The standard InChI is InChI=1S/C17H23N3/c1-12-4-5-15(10-13(12)2)16-11-17(20(3)19-16)14-6-8-18-9-7-14/h4-5,10-11,14,18H,6-9H2,1-3H3. The van der Waals surface area contributed by atoms with Crippen LogP contribution < -0.4 is 5.32 Å². The van der Waals surface area contributed by atoms with E-state index in [1.165, 1.54) is 35.2 Å². The number of aryl methyl sites for hydroxylation is 3. The first-order valence-electron chi connectivity index (χ1n) is 7.47. The number of hydrogen-bond acceptors (Lipinski definition) is 2. The van der Waals surface area contributed by atoms with Gasteiger partial charge in [0.1, 0.15) is 0 Å². The second-order valence-corrected chi connectivity index (χ2v) is 5.90. The van der Waals surface area contributed by atoms with Crippen LogP contribution in [-0.2, 0) is 7.05 Å². The van der Waals surface area contributed by atoms with E-state index >= 15 is 0 Å². The Balaban J connectivity index is 1.93. The Morgan fingerprint density at radius 3 is 2.55 bits per heavy atom. The van der Waals surface area contributed by atoms with Gasteiger partial charge in [-0.05, 0) is 63.0 Å². The topological polar surface area (TPSA) is 29.9 Å². The molecule has 0 aliphatic carbocycles. The third-order valence-electron chi connectivity index (χ3n) is 4.48. The largest absolute Gasteiger partial charge is 0.317 e. The summed E-state index contributed by atoms with van der Waals surface area (Å²) in [5.74, 6) is 0.647. The summed E-state index contributed by atoms with van der Waals surface area (Å²) in [6, 6.07) is 8.88. The van der Waals surface area contributed by atoms with Crippen molar-refractivity contribution in [2.24, 2.45) is 7.05 Å². The Hall–Kier alpha value is -1.61. The molecule has 0 unspecified atom stereocenters. The van der Waals surface area contributed by atoms with Gasteiger partial charge >= 0.3 is 0 Å². The molecular weight excluding hydrogens is 246 g/mol. The molecule has 0 amide bonds. The minimum Gasteiger partial charge on any atom is -0.317 e. The van der Waals surface area contributed by atoms with Crippen molar-refractivity contribution in [2.45, 2.75) is 32.6 Å². The predicted molar refractivity (Wildman–Crippen MR) is 83.0 cm³/mol. The summed E-state index contributed by atoms with van der Waals surface area (Å²) in [6.07, 6.45) is 2.43. The summed E-state index contributed by atoms with van der Waals surface area (Å²) in [4.78, 5) is 0. The number of nitrogens with one attached hydrogen (secondary N) is 1. The molecular formula is C17H23N3. The lowest BCUT2D eigenvalue weighted by Gasteiger charge is -2.22. The van der Waals surface area contributed by atoms with Gasteiger partial charge in [0.25, 0.3) is 0 Å². The maximum atomic E-state index is 4.72. The minimum absolute atomic E-state index is 0.647. The van der Waals surface area contributed by atoms with Gasteiger partial charge in [-0.1, -0.05) is 12.1 Å². The Morgan fingerprint density at radius 1 is 1.10 bits per heavy atom. The van der Waals surface area contributed by atoms with Crippen LogP contribution in [-0.4, -0.2) is 22.9 Å². The summed E-state index contributed by atoms with van der Waals surface area (Å²) in [5.41, 5.74) is 6.37. The second-order valence-electron chi connectivity index (χ2n) is 5.90. The van der Waals surface area contributed by atoms with Gasteiger partial charge in [0.15, 0.2) is 0 Å². The van der Waals surface area contributed by atoms with Crippen LogP contribution in [0.15, 0.2) is 24.3 Å². The highest BCUT2D eigenvalue weighted by molar-refractivity contribution is 5.61. The smallest absolute Gasteiger partial charge is 0.0926 e. The SMILES string of the molecule is Cc1ccc(-c2cc(C3CCNCC3)n(C)n2)cc1C. The first-order chi connectivity index (χ1) is 9.65. The number of nitrogens with zero attached hydrogens (tertiary/aromatic N) is 2. The fraction of sp³-hybridized carbons (Fsp3) is 0.471. The highest BCUT2D eigenvalue weighted by atomic mass is 15.3. The lowest BCUT2D eigenvalue weighted by atomic mass is 9.94. The van der Waals surface area contributed by atoms with E-state index in [4.69, 9.17) is 5.10 Å². The Bertz CT molecular complexity index is 607. The van der Waals surface area contributed by atoms with Crippen LogP contribution in [0.4, 0.5) is 0 Å². The van der Waals surface area contributed by atoms with Crippen molar-refractivity contribution in [3.05, 3.63) is 41.1 Å². The van der Waals surface area contributed by atoms with Crippen LogP contribution in [0.3, 0.4) is 0 Å². The van der Waals surface area contributed by atoms with Crippen molar-refractivity contribution in [2.75, 3.05) is 13.1 Å². The van der Waals surface area contributed by atoms with Crippen LogP contribution >= 0.6 is 0 Å². The highest BCUT2D eigenvalue weighted by Gasteiger charge is 2.19. The van der Waals surface area contributed by atoms with Gasteiger partial charge in [-0.2, -0.15) is 5.10 Å².